The number of nitro benzene ring substituents is 1. The Morgan fingerprint density at radius 2 is 2.19 bits per heavy atom. The molecule has 2 rings (SSSR count). The van der Waals surface area contributed by atoms with Crippen LogP contribution < -0.4 is 0 Å². The SMILES string of the molecule is CCn1ccnc1-c1ccccc1[N+](=O)[O-]. The van der Waals surface area contributed by atoms with Gasteiger partial charge in [-0.1, -0.05) is 12.1 Å². The molecule has 0 atom stereocenters. The third-order valence-corrected chi connectivity index (χ3v) is 2.40. The third-order valence-electron chi connectivity index (χ3n) is 2.40. The molecule has 5 nitrogen and oxygen atoms in total. The van der Waals surface area contributed by atoms with Crippen molar-refractivity contribution in [3.05, 3.63) is 46.8 Å². The van der Waals surface area contributed by atoms with E-state index in [9.17, 15) is 10.1 Å². The molecule has 1 aromatic carbocycles. The molecule has 0 fully saturated rings. The summed E-state index contributed by atoms with van der Waals surface area (Å²) in [6.45, 7) is 2.71. The summed E-state index contributed by atoms with van der Waals surface area (Å²) in [5, 5.41) is 10.9. The zero-order valence-electron chi connectivity index (χ0n) is 8.83. The molecule has 0 aliphatic carbocycles. The summed E-state index contributed by atoms with van der Waals surface area (Å²) < 4.78 is 1.88. The van der Waals surface area contributed by atoms with Crippen LogP contribution in [0.3, 0.4) is 0 Å². The molecular formula is C11H11N3O2. The van der Waals surface area contributed by atoms with E-state index in [1.807, 2.05) is 17.7 Å². The average Bonchev–Trinajstić information content (AvgIpc) is 2.76. The van der Waals surface area contributed by atoms with Crippen molar-refractivity contribution in [1.29, 1.82) is 0 Å². The molecule has 5 heteroatoms. The van der Waals surface area contributed by atoms with Crippen LogP contribution in [0.25, 0.3) is 11.4 Å². The molecule has 0 aliphatic heterocycles. The van der Waals surface area contributed by atoms with E-state index < -0.39 is 0 Å². The van der Waals surface area contributed by atoms with Crippen LogP contribution in [0.15, 0.2) is 36.7 Å². The number of hydrogen-bond acceptors (Lipinski definition) is 3. The van der Waals surface area contributed by atoms with Gasteiger partial charge in [0.1, 0.15) is 5.82 Å². The van der Waals surface area contributed by atoms with Gasteiger partial charge in [0, 0.05) is 25.0 Å². The lowest BCUT2D eigenvalue weighted by Crippen LogP contribution is -1.99. The predicted molar refractivity (Wildman–Crippen MR) is 60.0 cm³/mol. The Morgan fingerprint density at radius 1 is 1.44 bits per heavy atom. The number of hydrogen-bond donors (Lipinski definition) is 0. The first-order chi connectivity index (χ1) is 7.74. The summed E-state index contributed by atoms with van der Waals surface area (Å²) in [7, 11) is 0. The number of rotatable bonds is 3. The second kappa shape index (κ2) is 4.14. The van der Waals surface area contributed by atoms with Gasteiger partial charge in [0.2, 0.25) is 0 Å². The highest BCUT2D eigenvalue weighted by Gasteiger charge is 2.17. The molecule has 0 saturated heterocycles. The molecule has 1 aromatic heterocycles. The van der Waals surface area contributed by atoms with Gasteiger partial charge in [-0.25, -0.2) is 4.98 Å². The zero-order chi connectivity index (χ0) is 11.5. The zero-order valence-corrected chi connectivity index (χ0v) is 8.83. The quantitative estimate of drug-likeness (QED) is 0.586. The molecule has 0 spiro atoms. The Balaban J connectivity index is 2.60. The highest BCUT2D eigenvalue weighted by Crippen LogP contribution is 2.27. The van der Waals surface area contributed by atoms with Crippen molar-refractivity contribution >= 4 is 5.69 Å². The number of imidazole rings is 1. The van der Waals surface area contributed by atoms with Gasteiger partial charge >= 0.3 is 0 Å². The van der Waals surface area contributed by atoms with E-state index in [1.54, 1.807) is 24.4 Å². The summed E-state index contributed by atoms with van der Waals surface area (Å²) in [5.41, 5.74) is 0.641. The van der Waals surface area contributed by atoms with E-state index in [0.717, 1.165) is 6.54 Å². The van der Waals surface area contributed by atoms with Gasteiger partial charge < -0.3 is 4.57 Å². The number of nitrogens with zero attached hydrogens (tertiary/aromatic N) is 3. The Hall–Kier alpha value is -2.17. The van der Waals surface area contributed by atoms with Crippen molar-refractivity contribution in [1.82, 2.24) is 9.55 Å². The molecular weight excluding hydrogens is 206 g/mol. The summed E-state index contributed by atoms with van der Waals surface area (Å²) in [6, 6.07) is 6.63. The highest BCUT2D eigenvalue weighted by molar-refractivity contribution is 5.68. The minimum absolute atomic E-state index is 0.0865. The van der Waals surface area contributed by atoms with Crippen molar-refractivity contribution in [2.24, 2.45) is 0 Å². The van der Waals surface area contributed by atoms with Crippen LogP contribution in [0.2, 0.25) is 0 Å². The molecule has 2 aromatic rings. The van der Waals surface area contributed by atoms with Crippen LogP contribution >= 0.6 is 0 Å². The van der Waals surface area contributed by atoms with Crippen molar-refractivity contribution in [3.63, 3.8) is 0 Å². The average molecular weight is 217 g/mol. The molecule has 0 unspecified atom stereocenters. The minimum atomic E-state index is -0.385. The monoisotopic (exact) mass is 217 g/mol. The summed E-state index contributed by atoms with van der Waals surface area (Å²) in [4.78, 5) is 14.7. The van der Waals surface area contributed by atoms with E-state index >= 15 is 0 Å². The Kier molecular flexibility index (Phi) is 2.68. The first-order valence-electron chi connectivity index (χ1n) is 4.99. The highest BCUT2D eigenvalue weighted by atomic mass is 16.6. The summed E-state index contributed by atoms with van der Waals surface area (Å²) in [6.07, 6.45) is 3.46. The van der Waals surface area contributed by atoms with Crippen LogP contribution in [-0.2, 0) is 6.54 Å². The van der Waals surface area contributed by atoms with Crippen molar-refractivity contribution in [2.45, 2.75) is 13.5 Å². The molecule has 0 bridgehead atoms. The van der Waals surface area contributed by atoms with E-state index in [4.69, 9.17) is 0 Å². The Bertz CT molecular complexity index is 519. The van der Waals surface area contributed by atoms with E-state index in [1.165, 1.54) is 6.07 Å². The van der Waals surface area contributed by atoms with E-state index in [0.29, 0.717) is 11.4 Å². The summed E-state index contributed by atoms with van der Waals surface area (Å²) in [5.74, 6) is 0.634. The number of benzene rings is 1. The standard InChI is InChI=1S/C11H11N3O2/c1-2-13-8-7-12-11(13)9-5-3-4-6-10(9)14(15)16/h3-8H,2H2,1H3. The molecule has 0 saturated carbocycles. The number of para-hydroxylation sites is 1. The minimum Gasteiger partial charge on any atom is -0.331 e. The van der Waals surface area contributed by atoms with Crippen molar-refractivity contribution in [2.75, 3.05) is 0 Å². The van der Waals surface area contributed by atoms with Gasteiger partial charge in [-0.15, -0.1) is 0 Å². The van der Waals surface area contributed by atoms with Crippen molar-refractivity contribution < 1.29 is 4.92 Å². The van der Waals surface area contributed by atoms with Crippen molar-refractivity contribution in [3.8, 4) is 11.4 Å². The van der Waals surface area contributed by atoms with Gasteiger partial charge in [-0.2, -0.15) is 0 Å². The lowest BCUT2D eigenvalue weighted by molar-refractivity contribution is -0.384. The topological polar surface area (TPSA) is 61.0 Å². The summed E-state index contributed by atoms with van der Waals surface area (Å²) >= 11 is 0. The fraction of sp³-hybridized carbons (Fsp3) is 0.182. The van der Waals surface area contributed by atoms with Gasteiger partial charge in [0.15, 0.2) is 0 Å². The molecule has 0 radical (unpaired) electrons. The normalized spacial score (nSPS) is 10.3. The third kappa shape index (κ3) is 1.67. The van der Waals surface area contributed by atoms with E-state index in [2.05, 4.69) is 4.98 Å². The molecule has 0 amide bonds. The Morgan fingerprint density at radius 3 is 2.88 bits per heavy atom. The first kappa shape index (κ1) is 10.4. The number of aromatic nitrogens is 2. The Labute approximate surface area is 92.5 Å². The van der Waals surface area contributed by atoms with E-state index in [-0.39, 0.29) is 10.6 Å². The lowest BCUT2D eigenvalue weighted by Gasteiger charge is -2.04. The van der Waals surface area contributed by atoms with Crippen LogP contribution in [0.4, 0.5) is 5.69 Å². The van der Waals surface area contributed by atoms with Crippen LogP contribution in [0, 0.1) is 10.1 Å². The molecule has 0 aliphatic rings. The number of nitro groups is 1. The van der Waals surface area contributed by atoms with Gasteiger partial charge in [0.25, 0.3) is 5.69 Å². The predicted octanol–water partition coefficient (Wildman–Crippen LogP) is 2.48. The maximum absolute atomic E-state index is 10.9. The molecule has 1 heterocycles. The maximum atomic E-state index is 10.9. The molecule has 16 heavy (non-hydrogen) atoms. The van der Waals surface area contributed by atoms with Crippen LogP contribution in [-0.4, -0.2) is 14.5 Å². The molecule has 82 valence electrons. The second-order valence-corrected chi connectivity index (χ2v) is 3.31. The van der Waals surface area contributed by atoms with Gasteiger partial charge in [-0.05, 0) is 13.0 Å². The lowest BCUT2D eigenvalue weighted by atomic mass is 10.1. The second-order valence-electron chi connectivity index (χ2n) is 3.31. The molecule has 0 N–H and O–H groups in total. The van der Waals surface area contributed by atoms with Crippen LogP contribution in [0.5, 0.6) is 0 Å². The maximum Gasteiger partial charge on any atom is 0.280 e. The smallest absolute Gasteiger partial charge is 0.280 e. The fourth-order valence-electron chi connectivity index (χ4n) is 1.63. The number of aryl methyl sites for hydroxylation is 1. The van der Waals surface area contributed by atoms with Crippen LogP contribution in [0.1, 0.15) is 6.92 Å². The first-order valence-corrected chi connectivity index (χ1v) is 4.99. The largest absolute Gasteiger partial charge is 0.331 e. The van der Waals surface area contributed by atoms with Gasteiger partial charge in [0.05, 0.1) is 10.5 Å². The fourth-order valence-corrected chi connectivity index (χ4v) is 1.63. The van der Waals surface area contributed by atoms with Gasteiger partial charge in [-0.3, -0.25) is 10.1 Å².